The quantitative estimate of drug-likeness (QED) is 0.725. The van der Waals surface area contributed by atoms with Crippen LogP contribution in [0.25, 0.3) is 0 Å². The van der Waals surface area contributed by atoms with Gasteiger partial charge in [0.2, 0.25) is 5.91 Å². The number of nitrogens with zero attached hydrogens (tertiary/aromatic N) is 2. The van der Waals surface area contributed by atoms with E-state index in [9.17, 15) is 4.79 Å². The van der Waals surface area contributed by atoms with E-state index in [0.29, 0.717) is 0 Å². The topological polar surface area (TPSA) is 72.1 Å². The molecule has 0 aliphatic rings. The van der Waals surface area contributed by atoms with E-state index in [1.165, 1.54) is 0 Å². The fourth-order valence-corrected chi connectivity index (χ4v) is 2.82. The van der Waals surface area contributed by atoms with Crippen molar-refractivity contribution in [1.82, 2.24) is 15.1 Å². The Labute approximate surface area is 146 Å². The smallest absolute Gasteiger partial charge is 0.238 e. The van der Waals surface area contributed by atoms with E-state index in [-0.39, 0.29) is 18.5 Å². The normalized spacial score (nSPS) is 12.1. The summed E-state index contributed by atoms with van der Waals surface area (Å²) in [4.78, 5) is 12.4. The van der Waals surface area contributed by atoms with Gasteiger partial charge in [-0.25, -0.2) is 0 Å². The van der Waals surface area contributed by atoms with Gasteiger partial charge in [0.1, 0.15) is 5.76 Å². The molecule has 6 heteroatoms. The Balaban J connectivity index is 1.70. The summed E-state index contributed by atoms with van der Waals surface area (Å²) in [5, 5.41) is 10.5. The lowest BCUT2D eigenvalue weighted by atomic mass is 10.0. The van der Waals surface area contributed by atoms with Crippen molar-refractivity contribution in [1.29, 1.82) is 0 Å². The van der Waals surface area contributed by atoms with Crippen LogP contribution >= 0.6 is 0 Å². The van der Waals surface area contributed by atoms with Gasteiger partial charge in [0.15, 0.2) is 0 Å². The van der Waals surface area contributed by atoms with Gasteiger partial charge in [-0.1, -0.05) is 30.3 Å². The molecule has 0 saturated heterocycles. The second-order valence-electron chi connectivity index (χ2n) is 5.96. The molecule has 0 aliphatic heterocycles. The number of benzene rings is 1. The number of amides is 1. The zero-order chi connectivity index (χ0) is 17.8. The number of aromatic nitrogens is 2. The monoisotopic (exact) mass is 338 g/mol. The van der Waals surface area contributed by atoms with Crippen molar-refractivity contribution in [3.05, 3.63) is 71.4 Å². The van der Waals surface area contributed by atoms with Crippen LogP contribution in [-0.4, -0.2) is 22.2 Å². The van der Waals surface area contributed by atoms with E-state index in [0.717, 1.165) is 28.4 Å². The fourth-order valence-electron chi connectivity index (χ4n) is 2.82. The first-order chi connectivity index (χ1) is 12.1. The third-order valence-electron chi connectivity index (χ3n) is 4.20. The molecule has 0 aliphatic carbocycles. The zero-order valence-corrected chi connectivity index (χ0v) is 14.6. The minimum atomic E-state index is -0.182. The first-order valence-corrected chi connectivity index (χ1v) is 8.18. The Morgan fingerprint density at radius 1 is 1.20 bits per heavy atom. The highest BCUT2D eigenvalue weighted by Gasteiger charge is 2.18. The van der Waals surface area contributed by atoms with Gasteiger partial charge in [-0.05, 0) is 31.5 Å². The molecule has 2 aromatic heterocycles. The average molecular weight is 338 g/mol. The van der Waals surface area contributed by atoms with Crippen LogP contribution in [-0.2, 0) is 11.8 Å². The van der Waals surface area contributed by atoms with Crippen molar-refractivity contribution in [2.45, 2.75) is 19.9 Å². The molecule has 6 nitrogen and oxygen atoms in total. The fraction of sp³-hybridized carbons (Fsp3) is 0.263. The van der Waals surface area contributed by atoms with Gasteiger partial charge in [-0.3, -0.25) is 14.8 Å². The summed E-state index contributed by atoms with van der Waals surface area (Å²) in [6.07, 6.45) is 1.63. The molecule has 1 amide bonds. The van der Waals surface area contributed by atoms with Gasteiger partial charge in [0.25, 0.3) is 0 Å². The molecule has 0 bridgehead atoms. The Hall–Kier alpha value is -2.86. The second-order valence-corrected chi connectivity index (χ2v) is 5.96. The number of nitrogens with one attached hydrogen (secondary N) is 2. The summed E-state index contributed by atoms with van der Waals surface area (Å²) in [7, 11) is 1.86. The summed E-state index contributed by atoms with van der Waals surface area (Å²) in [6, 6.07) is 13.5. The highest BCUT2D eigenvalue weighted by atomic mass is 16.3. The maximum atomic E-state index is 12.4. The molecule has 2 heterocycles. The second kappa shape index (κ2) is 7.36. The molecular formula is C19H22N4O2. The Bertz CT molecular complexity index is 838. The molecule has 0 saturated carbocycles. The van der Waals surface area contributed by atoms with Gasteiger partial charge < -0.3 is 9.73 Å². The van der Waals surface area contributed by atoms with Crippen molar-refractivity contribution < 1.29 is 9.21 Å². The van der Waals surface area contributed by atoms with Crippen LogP contribution in [0.3, 0.4) is 0 Å². The van der Waals surface area contributed by atoms with Gasteiger partial charge in [-0.15, -0.1) is 0 Å². The molecule has 25 heavy (non-hydrogen) atoms. The van der Waals surface area contributed by atoms with Crippen LogP contribution in [0.4, 0.5) is 5.69 Å². The Morgan fingerprint density at radius 3 is 2.56 bits per heavy atom. The maximum Gasteiger partial charge on any atom is 0.238 e. The standard InChI is InChI=1S/C19H22N4O2/c1-13-18(14(2)23(3)22-13)21-17(24)12-20-19(16-10-7-11-25-16)15-8-5-4-6-9-15/h4-11,19-20H,12H2,1-3H3,(H,21,24)/t19-/m0/s1. The van der Waals surface area contributed by atoms with E-state index in [1.54, 1.807) is 10.9 Å². The van der Waals surface area contributed by atoms with Gasteiger partial charge in [0.05, 0.1) is 35.9 Å². The number of aryl methyl sites for hydroxylation is 2. The van der Waals surface area contributed by atoms with E-state index < -0.39 is 0 Å². The van der Waals surface area contributed by atoms with Crippen LogP contribution in [0.2, 0.25) is 0 Å². The molecule has 0 unspecified atom stereocenters. The highest BCUT2D eigenvalue weighted by molar-refractivity contribution is 5.93. The predicted octanol–water partition coefficient (Wildman–Crippen LogP) is 2.95. The zero-order valence-electron chi connectivity index (χ0n) is 14.6. The van der Waals surface area contributed by atoms with Crippen LogP contribution in [0, 0.1) is 13.8 Å². The minimum Gasteiger partial charge on any atom is -0.467 e. The first-order valence-electron chi connectivity index (χ1n) is 8.18. The molecule has 0 radical (unpaired) electrons. The van der Waals surface area contributed by atoms with E-state index in [1.807, 2.05) is 63.4 Å². The lowest BCUT2D eigenvalue weighted by Gasteiger charge is -2.17. The lowest BCUT2D eigenvalue weighted by Crippen LogP contribution is -2.32. The van der Waals surface area contributed by atoms with E-state index in [2.05, 4.69) is 15.7 Å². The molecule has 3 rings (SSSR count). The molecule has 0 fully saturated rings. The van der Waals surface area contributed by atoms with Gasteiger partial charge >= 0.3 is 0 Å². The molecule has 2 N–H and O–H groups in total. The van der Waals surface area contributed by atoms with Crippen LogP contribution in [0.15, 0.2) is 53.1 Å². The Kier molecular flexibility index (Phi) is 5.00. The third kappa shape index (κ3) is 3.80. The number of carbonyl (C=O) groups is 1. The van der Waals surface area contributed by atoms with Crippen LogP contribution < -0.4 is 10.6 Å². The minimum absolute atomic E-state index is 0.119. The average Bonchev–Trinajstić information content (AvgIpc) is 3.21. The maximum absolute atomic E-state index is 12.4. The highest BCUT2D eigenvalue weighted by Crippen LogP contribution is 2.22. The first kappa shape index (κ1) is 17.0. The van der Waals surface area contributed by atoms with E-state index in [4.69, 9.17) is 4.42 Å². The Morgan fingerprint density at radius 2 is 1.96 bits per heavy atom. The number of hydrogen-bond acceptors (Lipinski definition) is 4. The van der Waals surface area contributed by atoms with Crippen molar-refractivity contribution >= 4 is 11.6 Å². The van der Waals surface area contributed by atoms with Gasteiger partial charge in [0, 0.05) is 7.05 Å². The number of furan rings is 1. The summed E-state index contributed by atoms with van der Waals surface area (Å²) < 4.78 is 7.29. The van der Waals surface area contributed by atoms with Crippen LogP contribution in [0.1, 0.15) is 28.8 Å². The van der Waals surface area contributed by atoms with Crippen molar-refractivity contribution in [3.8, 4) is 0 Å². The summed E-state index contributed by atoms with van der Waals surface area (Å²) >= 11 is 0. The molecular weight excluding hydrogens is 316 g/mol. The summed E-state index contributed by atoms with van der Waals surface area (Å²) in [6.45, 7) is 3.97. The van der Waals surface area contributed by atoms with Crippen molar-refractivity contribution in [2.24, 2.45) is 7.05 Å². The number of carbonyl (C=O) groups excluding carboxylic acids is 1. The van der Waals surface area contributed by atoms with Crippen molar-refractivity contribution in [2.75, 3.05) is 11.9 Å². The van der Waals surface area contributed by atoms with Crippen LogP contribution in [0.5, 0.6) is 0 Å². The lowest BCUT2D eigenvalue weighted by molar-refractivity contribution is -0.115. The number of rotatable bonds is 6. The largest absolute Gasteiger partial charge is 0.467 e. The third-order valence-corrected chi connectivity index (χ3v) is 4.20. The molecule has 0 spiro atoms. The molecule has 1 atom stereocenters. The molecule has 1 aromatic carbocycles. The summed E-state index contributed by atoms with van der Waals surface area (Å²) in [5.74, 6) is 0.652. The van der Waals surface area contributed by atoms with Crippen molar-refractivity contribution in [3.63, 3.8) is 0 Å². The number of hydrogen-bond donors (Lipinski definition) is 2. The van der Waals surface area contributed by atoms with E-state index >= 15 is 0 Å². The number of anilines is 1. The summed E-state index contributed by atoms with van der Waals surface area (Å²) in [5.41, 5.74) is 3.54. The molecule has 3 aromatic rings. The van der Waals surface area contributed by atoms with Gasteiger partial charge in [-0.2, -0.15) is 5.10 Å². The molecule has 130 valence electrons. The SMILES string of the molecule is Cc1nn(C)c(C)c1NC(=O)CN[C@@H](c1ccccc1)c1ccco1. The predicted molar refractivity (Wildman–Crippen MR) is 96.3 cm³/mol.